The van der Waals surface area contributed by atoms with Gasteiger partial charge in [0, 0.05) is 37.7 Å². The predicted octanol–water partition coefficient (Wildman–Crippen LogP) is 3.41. The Morgan fingerprint density at radius 2 is 1.97 bits per heavy atom. The van der Waals surface area contributed by atoms with E-state index in [4.69, 9.17) is 10.00 Å². The van der Waals surface area contributed by atoms with Crippen LogP contribution in [0.15, 0.2) is 71.9 Å². The third-order valence-corrected chi connectivity index (χ3v) is 5.26. The molecule has 2 heterocycles. The number of hydrogen-bond acceptors (Lipinski definition) is 5. The Kier molecular flexibility index (Phi) is 6.62. The van der Waals surface area contributed by atoms with Crippen molar-refractivity contribution in [3.8, 4) is 17.2 Å². The minimum atomic E-state index is -0.309. The van der Waals surface area contributed by atoms with Gasteiger partial charge in [0.25, 0.3) is 5.56 Å². The molecule has 0 atom stereocenters. The van der Waals surface area contributed by atoms with E-state index in [0.717, 1.165) is 11.1 Å². The van der Waals surface area contributed by atoms with Crippen molar-refractivity contribution in [3.63, 3.8) is 0 Å². The van der Waals surface area contributed by atoms with E-state index in [1.807, 2.05) is 30.3 Å². The number of fused-ring (bicyclic) bond motifs is 1. The first-order valence-electron chi connectivity index (χ1n) is 10.5. The number of aromatic nitrogens is 3. The van der Waals surface area contributed by atoms with Crippen molar-refractivity contribution in [2.75, 3.05) is 19.0 Å². The molecule has 33 heavy (non-hydrogen) atoms. The highest BCUT2D eigenvalue weighted by atomic mass is 16.5. The van der Waals surface area contributed by atoms with E-state index >= 15 is 0 Å². The molecule has 0 fully saturated rings. The number of hydrogen-bond donors (Lipinski definition) is 1. The van der Waals surface area contributed by atoms with Crippen LogP contribution in [0.2, 0.25) is 0 Å². The topological polar surface area (TPSA) is 102 Å². The van der Waals surface area contributed by atoms with Gasteiger partial charge in [-0.2, -0.15) is 5.26 Å². The van der Waals surface area contributed by atoms with Crippen molar-refractivity contribution in [2.45, 2.75) is 19.5 Å². The number of carbonyl (C=O) groups is 1. The van der Waals surface area contributed by atoms with Crippen molar-refractivity contribution in [2.24, 2.45) is 0 Å². The molecule has 1 N–H and O–H groups in total. The number of rotatable bonds is 8. The molecule has 0 aliphatic rings. The number of amides is 1. The summed E-state index contributed by atoms with van der Waals surface area (Å²) in [5, 5.41) is 11.9. The average Bonchev–Trinajstić information content (AvgIpc) is 3.20. The number of methoxy groups -OCH3 is 1. The van der Waals surface area contributed by atoms with Crippen LogP contribution in [0.25, 0.3) is 22.2 Å². The monoisotopic (exact) mass is 441 g/mol. The lowest BCUT2D eigenvalue weighted by Crippen LogP contribution is -2.25. The highest BCUT2D eigenvalue weighted by Gasteiger charge is 2.18. The van der Waals surface area contributed by atoms with Crippen molar-refractivity contribution >= 4 is 22.6 Å². The van der Waals surface area contributed by atoms with Gasteiger partial charge in [0.05, 0.1) is 18.0 Å². The Morgan fingerprint density at radius 1 is 1.15 bits per heavy atom. The molecule has 4 rings (SSSR count). The summed E-state index contributed by atoms with van der Waals surface area (Å²) >= 11 is 0. The van der Waals surface area contributed by atoms with E-state index < -0.39 is 0 Å². The van der Waals surface area contributed by atoms with Crippen molar-refractivity contribution in [1.29, 1.82) is 5.26 Å². The van der Waals surface area contributed by atoms with Crippen LogP contribution in [0, 0.1) is 11.3 Å². The van der Waals surface area contributed by atoms with Gasteiger partial charge in [0.2, 0.25) is 5.91 Å². The van der Waals surface area contributed by atoms with Gasteiger partial charge in [0.15, 0.2) is 0 Å². The van der Waals surface area contributed by atoms with Gasteiger partial charge in [-0.3, -0.25) is 14.2 Å². The Balaban J connectivity index is 1.72. The van der Waals surface area contributed by atoms with Gasteiger partial charge < -0.3 is 14.6 Å². The second-order valence-electron chi connectivity index (χ2n) is 7.56. The molecule has 8 nitrogen and oxygen atoms in total. The van der Waals surface area contributed by atoms with Crippen LogP contribution < -0.4 is 10.9 Å². The van der Waals surface area contributed by atoms with E-state index in [1.54, 1.807) is 53.0 Å². The van der Waals surface area contributed by atoms with Gasteiger partial charge in [-0.05, 0) is 30.2 Å². The number of carbonyl (C=O) groups excluding carboxylic acids is 1. The SMILES string of the molecule is COCCCn1cnc2c(-c3ccccc3)cn(CC(=O)Nc3cccc(C#N)c3)c2c1=O. The van der Waals surface area contributed by atoms with Crippen LogP contribution in [0.3, 0.4) is 0 Å². The van der Waals surface area contributed by atoms with Crippen molar-refractivity contribution < 1.29 is 9.53 Å². The fourth-order valence-electron chi connectivity index (χ4n) is 3.73. The third kappa shape index (κ3) is 4.84. The summed E-state index contributed by atoms with van der Waals surface area (Å²) in [5.74, 6) is -0.309. The molecule has 0 saturated heterocycles. The highest BCUT2D eigenvalue weighted by molar-refractivity contribution is 5.95. The number of anilines is 1. The number of nitrogens with zero attached hydrogens (tertiary/aromatic N) is 4. The van der Waals surface area contributed by atoms with E-state index in [-0.39, 0.29) is 18.0 Å². The van der Waals surface area contributed by atoms with Crippen LogP contribution >= 0.6 is 0 Å². The predicted molar refractivity (Wildman–Crippen MR) is 126 cm³/mol. The van der Waals surface area contributed by atoms with Gasteiger partial charge in [-0.25, -0.2) is 4.98 Å². The van der Waals surface area contributed by atoms with Crippen molar-refractivity contribution in [1.82, 2.24) is 14.1 Å². The molecular weight excluding hydrogens is 418 g/mol. The number of nitriles is 1. The number of benzene rings is 2. The van der Waals surface area contributed by atoms with E-state index in [2.05, 4.69) is 16.4 Å². The molecule has 1 amide bonds. The number of nitrogens with one attached hydrogen (secondary N) is 1. The summed E-state index contributed by atoms with van der Waals surface area (Å²) in [6.45, 7) is 0.929. The van der Waals surface area contributed by atoms with Gasteiger partial charge in [-0.1, -0.05) is 36.4 Å². The first-order chi connectivity index (χ1) is 16.1. The molecule has 166 valence electrons. The van der Waals surface area contributed by atoms with E-state index in [9.17, 15) is 9.59 Å². The molecule has 0 unspecified atom stereocenters. The summed E-state index contributed by atoms with van der Waals surface area (Å²) in [5.41, 5.74) is 3.38. The van der Waals surface area contributed by atoms with Crippen LogP contribution in [0.5, 0.6) is 0 Å². The molecular formula is C25H23N5O3. The first kappa shape index (κ1) is 22.0. The quantitative estimate of drug-likeness (QED) is 0.422. The Labute approximate surface area is 190 Å². The zero-order chi connectivity index (χ0) is 23.2. The highest BCUT2D eigenvalue weighted by Crippen LogP contribution is 2.27. The van der Waals surface area contributed by atoms with Crippen molar-refractivity contribution in [3.05, 3.63) is 83.0 Å². The molecule has 0 spiro atoms. The van der Waals surface area contributed by atoms with E-state index in [0.29, 0.717) is 41.9 Å². The third-order valence-electron chi connectivity index (χ3n) is 5.26. The van der Waals surface area contributed by atoms with Gasteiger partial charge in [0.1, 0.15) is 17.6 Å². The lowest BCUT2D eigenvalue weighted by Gasteiger charge is -2.09. The zero-order valence-electron chi connectivity index (χ0n) is 18.2. The Bertz CT molecular complexity index is 1380. The zero-order valence-corrected chi connectivity index (χ0v) is 18.2. The molecule has 2 aromatic heterocycles. The Hall–Kier alpha value is -4.22. The molecule has 0 saturated carbocycles. The second kappa shape index (κ2) is 9.94. The van der Waals surface area contributed by atoms with Crippen LogP contribution in [0.4, 0.5) is 5.69 Å². The smallest absolute Gasteiger partial charge is 0.277 e. The molecule has 0 aliphatic heterocycles. The summed E-state index contributed by atoms with van der Waals surface area (Å²) in [7, 11) is 1.62. The molecule has 0 bridgehead atoms. The lowest BCUT2D eigenvalue weighted by molar-refractivity contribution is -0.116. The molecule has 2 aromatic carbocycles. The minimum absolute atomic E-state index is 0.0703. The summed E-state index contributed by atoms with van der Waals surface area (Å²) in [6, 6.07) is 18.4. The van der Waals surface area contributed by atoms with Gasteiger partial charge in [-0.15, -0.1) is 0 Å². The molecule has 0 aliphatic carbocycles. The molecule has 0 radical (unpaired) electrons. The van der Waals surface area contributed by atoms with Crippen LogP contribution in [-0.2, 0) is 22.6 Å². The maximum atomic E-state index is 13.3. The number of ether oxygens (including phenoxy) is 1. The maximum Gasteiger partial charge on any atom is 0.277 e. The summed E-state index contributed by atoms with van der Waals surface area (Å²) < 4.78 is 8.27. The fraction of sp³-hybridized carbons (Fsp3) is 0.200. The largest absolute Gasteiger partial charge is 0.385 e. The maximum absolute atomic E-state index is 13.3. The molecule has 4 aromatic rings. The van der Waals surface area contributed by atoms with Crippen LogP contribution in [0.1, 0.15) is 12.0 Å². The standard InChI is InChI=1S/C25H23N5O3/c1-33-12-6-11-29-17-27-23-21(19-8-3-2-4-9-19)15-30(24(23)25(29)32)16-22(31)28-20-10-5-7-18(13-20)14-26/h2-5,7-10,13,15,17H,6,11-12,16H2,1H3,(H,28,31). The van der Waals surface area contributed by atoms with Gasteiger partial charge >= 0.3 is 0 Å². The minimum Gasteiger partial charge on any atom is -0.385 e. The summed E-state index contributed by atoms with van der Waals surface area (Å²) in [6.07, 6.45) is 4.01. The van der Waals surface area contributed by atoms with Crippen LogP contribution in [-0.4, -0.2) is 33.7 Å². The molecule has 8 heteroatoms. The second-order valence-corrected chi connectivity index (χ2v) is 7.56. The normalized spacial score (nSPS) is 10.8. The fourth-order valence-corrected chi connectivity index (χ4v) is 3.73. The lowest BCUT2D eigenvalue weighted by atomic mass is 10.1. The first-order valence-corrected chi connectivity index (χ1v) is 10.5. The summed E-state index contributed by atoms with van der Waals surface area (Å²) in [4.78, 5) is 30.7. The average molecular weight is 441 g/mol. The number of aryl methyl sites for hydroxylation is 1. The van der Waals surface area contributed by atoms with E-state index in [1.165, 1.54) is 0 Å². The Morgan fingerprint density at radius 3 is 2.73 bits per heavy atom.